The second-order valence-corrected chi connectivity index (χ2v) is 5.05. The molecule has 0 atom stereocenters. The van der Waals surface area contributed by atoms with Crippen LogP contribution in [0.15, 0.2) is 18.2 Å². The second kappa shape index (κ2) is 6.79. The van der Waals surface area contributed by atoms with E-state index in [2.05, 4.69) is 24.8 Å². The van der Waals surface area contributed by atoms with Gasteiger partial charge >= 0.3 is 5.97 Å². The Bertz CT molecular complexity index is 489. The first-order chi connectivity index (χ1) is 8.95. The third kappa shape index (κ3) is 4.29. The molecule has 0 aliphatic rings. The van der Waals surface area contributed by atoms with Crippen LogP contribution in [0.25, 0.3) is 0 Å². The molecule has 0 amide bonds. The van der Waals surface area contributed by atoms with Gasteiger partial charge in [-0.15, -0.1) is 0 Å². The fourth-order valence-corrected chi connectivity index (χ4v) is 2.04. The van der Waals surface area contributed by atoms with E-state index in [1.54, 1.807) is 13.0 Å². The minimum Gasteiger partial charge on any atom is -0.478 e. The van der Waals surface area contributed by atoms with E-state index in [-0.39, 0.29) is 0 Å². The van der Waals surface area contributed by atoms with Gasteiger partial charge in [-0.2, -0.15) is 5.26 Å². The van der Waals surface area contributed by atoms with Crippen molar-refractivity contribution < 1.29 is 9.90 Å². The number of anilines is 1. The molecule has 19 heavy (non-hydrogen) atoms. The molecule has 0 unspecified atom stereocenters. The van der Waals surface area contributed by atoms with Crippen LogP contribution in [0.3, 0.4) is 0 Å². The summed E-state index contributed by atoms with van der Waals surface area (Å²) in [7, 11) is 0. The lowest BCUT2D eigenvalue weighted by molar-refractivity contribution is 0.0696. The Balaban J connectivity index is 2.99. The van der Waals surface area contributed by atoms with Gasteiger partial charge in [0.1, 0.15) is 0 Å². The maximum atomic E-state index is 11.0. The van der Waals surface area contributed by atoms with Crippen molar-refractivity contribution >= 4 is 11.7 Å². The lowest BCUT2D eigenvalue weighted by atomic mass is 10.1. The SMILES string of the molecule is Cc1cc(N(CCC#N)CC(C)C)ccc1C(=O)O. The van der Waals surface area contributed by atoms with Gasteiger partial charge in [0.15, 0.2) is 0 Å². The molecule has 0 fully saturated rings. The molecule has 4 heteroatoms. The molecular weight excluding hydrogens is 240 g/mol. The van der Waals surface area contributed by atoms with Gasteiger partial charge in [0.2, 0.25) is 0 Å². The fraction of sp³-hybridized carbons (Fsp3) is 0.467. The Morgan fingerprint density at radius 3 is 2.63 bits per heavy atom. The number of carboxylic acid groups (broad SMARTS) is 1. The largest absolute Gasteiger partial charge is 0.478 e. The quantitative estimate of drug-likeness (QED) is 0.853. The Morgan fingerprint density at radius 1 is 1.47 bits per heavy atom. The molecule has 0 radical (unpaired) electrons. The van der Waals surface area contributed by atoms with Crippen molar-refractivity contribution in [3.63, 3.8) is 0 Å². The van der Waals surface area contributed by atoms with Crippen LogP contribution < -0.4 is 4.90 Å². The standard InChI is InChI=1S/C15H20N2O2/c1-11(2)10-17(8-4-7-16)13-5-6-14(15(18)19)12(3)9-13/h5-6,9,11H,4,8,10H2,1-3H3,(H,18,19). The van der Waals surface area contributed by atoms with E-state index < -0.39 is 5.97 Å². The zero-order chi connectivity index (χ0) is 14.4. The molecule has 0 aliphatic heterocycles. The van der Waals surface area contributed by atoms with Crippen LogP contribution in [-0.2, 0) is 0 Å². The molecule has 0 bridgehead atoms. The predicted molar refractivity (Wildman–Crippen MR) is 75.4 cm³/mol. The van der Waals surface area contributed by atoms with Gasteiger partial charge in [0, 0.05) is 18.8 Å². The number of carboxylic acids is 1. The van der Waals surface area contributed by atoms with Crippen LogP contribution in [0.5, 0.6) is 0 Å². The monoisotopic (exact) mass is 260 g/mol. The lowest BCUT2D eigenvalue weighted by Gasteiger charge is -2.26. The molecule has 0 saturated carbocycles. The van der Waals surface area contributed by atoms with Gasteiger partial charge in [0.25, 0.3) is 0 Å². The van der Waals surface area contributed by atoms with E-state index >= 15 is 0 Å². The molecular formula is C15H20N2O2. The topological polar surface area (TPSA) is 64.3 Å². The predicted octanol–water partition coefficient (Wildman–Crippen LogP) is 3.07. The number of aromatic carboxylic acids is 1. The lowest BCUT2D eigenvalue weighted by Crippen LogP contribution is -2.28. The highest BCUT2D eigenvalue weighted by atomic mass is 16.4. The highest BCUT2D eigenvalue weighted by Gasteiger charge is 2.12. The number of aryl methyl sites for hydroxylation is 1. The molecule has 4 nitrogen and oxygen atoms in total. The van der Waals surface area contributed by atoms with Crippen molar-refractivity contribution in [3.05, 3.63) is 29.3 Å². The average Bonchev–Trinajstić information content (AvgIpc) is 2.33. The van der Waals surface area contributed by atoms with Crippen molar-refractivity contribution in [1.82, 2.24) is 0 Å². The molecule has 0 saturated heterocycles. The van der Waals surface area contributed by atoms with Gasteiger partial charge in [-0.1, -0.05) is 13.8 Å². The Labute approximate surface area is 114 Å². The number of carbonyl (C=O) groups is 1. The van der Waals surface area contributed by atoms with Crippen LogP contribution in [0.4, 0.5) is 5.69 Å². The maximum absolute atomic E-state index is 11.0. The summed E-state index contributed by atoms with van der Waals surface area (Å²) < 4.78 is 0. The molecule has 1 aromatic carbocycles. The summed E-state index contributed by atoms with van der Waals surface area (Å²) in [4.78, 5) is 13.1. The highest BCUT2D eigenvalue weighted by molar-refractivity contribution is 5.89. The van der Waals surface area contributed by atoms with E-state index in [1.165, 1.54) is 0 Å². The normalized spacial score (nSPS) is 10.3. The molecule has 1 N–H and O–H groups in total. The number of nitriles is 1. The van der Waals surface area contributed by atoms with E-state index in [0.29, 0.717) is 24.4 Å². The number of hydrogen-bond donors (Lipinski definition) is 1. The number of rotatable bonds is 6. The summed E-state index contributed by atoms with van der Waals surface area (Å²) in [5, 5.41) is 17.7. The Kier molecular flexibility index (Phi) is 5.37. The van der Waals surface area contributed by atoms with Crippen molar-refractivity contribution in [2.24, 2.45) is 5.92 Å². The van der Waals surface area contributed by atoms with Gasteiger partial charge in [0.05, 0.1) is 18.1 Å². The molecule has 0 aliphatic carbocycles. The molecule has 1 rings (SSSR count). The van der Waals surface area contributed by atoms with Crippen LogP contribution in [0.1, 0.15) is 36.2 Å². The van der Waals surface area contributed by atoms with E-state index in [1.807, 2.05) is 12.1 Å². The van der Waals surface area contributed by atoms with E-state index in [9.17, 15) is 4.79 Å². The minimum atomic E-state index is -0.906. The van der Waals surface area contributed by atoms with Gasteiger partial charge < -0.3 is 10.0 Å². The third-order valence-corrected chi connectivity index (χ3v) is 2.88. The van der Waals surface area contributed by atoms with Gasteiger partial charge in [-0.3, -0.25) is 0 Å². The fourth-order valence-electron chi connectivity index (χ4n) is 2.04. The van der Waals surface area contributed by atoms with Crippen molar-refractivity contribution in [2.45, 2.75) is 27.2 Å². The van der Waals surface area contributed by atoms with Crippen molar-refractivity contribution in [2.75, 3.05) is 18.0 Å². The Hall–Kier alpha value is -2.02. The van der Waals surface area contributed by atoms with Crippen molar-refractivity contribution in [3.8, 4) is 6.07 Å². The molecule has 102 valence electrons. The number of nitrogens with zero attached hydrogens (tertiary/aromatic N) is 2. The second-order valence-electron chi connectivity index (χ2n) is 5.05. The minimum absolute atomic E-state index is 0.327. The summed E-state index contributed by atoms with van der Waals surface area (Å²) in [6.45, 7) is 7.56. The van der Waals surface area contributed by atoms with E-state index in [4.69, 9.17) is 10.4 Å². The van der Waals surface area contributed by atoms with Crippen LogP contribution in [-0.4, -0.2) is 24.2 Å². The molecule has 0 heterocycles. The summed E-state index contributed by atoms with van der Waals surface area (Å²) in [5.41, 5.74) is 2.05. The van der Waals surface area contributed by atoms with Crippen molar-refractivity contribution in [1.29, 1.82) is 5.26 Å². The van der Waals surface area contributed by atoms with Crippen LogP contribution >= 0.6 is 0 Å². The summed E-state index contributed by atoms with van der Waals surface area (Å²) in [6.07, 6.45) is 0.465. The maximum Gasteiger partial charge on any atom is 0.335 e. The third-order valence-electron chi connectivity index (χ3n) is 2.88. The number of hydrogen-bond acceptors (Lipinski definition) is 3. The Morgan fingerprint density at radius 2 is 2.16 bits per heavy atom. The molecule has 1 aromatic rings. The summed E-state index contributed by atoms with van der Waals surface area (Å²) in [6, 6.07) is 7.48. The zero-order valence-corrected chi connectivity index (χ0v) is 11.7. The van der Waals surface area contributed by atoms with E-state index in [0.717, 1.165) is 17.8 Å². The zero-order valence-electron chi connectivity index (χ0n) is 11.7. The summed E-state index contributed by atoms with van der Waals surface area (Å²) in [5.74, 6) is -0.422. The first kappa shape index (κ1) is 15.0. The summed E-state index contributed by atoms with van der Waals surface area (Å²) >= 11 is 0. The number of benzene rings is 1. The van der Waals surface area contributed by atoms with Gasteiger partial charge in [-0.05, 0) is 36.6 Å². The van der Waals surface area contributed by atoms with Crippen LogP contribution in [0, 0.1) is 24.2 Å². The van der Waals surface area contributed by atoms with Gasteiger partial charge in [-0.25, -0.2) is 4.79 Å². The van der Waals surface area contributed by atoms with Crippen LogP contribution in [0.2, 0.25) is 0 Å². The molecule has 0 aromatic heterocycles. The smallest absolute Gasteiger partial charge is 0.335 e. The molecule has 0 spiro atoms. The first-order valence-corrected chi connectivity index (χ1v) is 6.41. The highest BCUT2D eigenvalue weighted by Crippen LogP contribution is 2.20. The first-order valence-electron chi connectivity index (χ1n) is 6.41. The average molecular weight is 260 g/mol.